The lowest BCUT2D eigenvalue weighted by Crippen LogP contribution is -2.31. The molecule has 1 aliphatic heterocycles. The average Bonchev–Trinajstić information content (AvgIpc) is 1.96. The Morgan fingerprint density at radius 3 is 2.90 bits per heavy atom. The predicted octanol–water partition coefficient (Wildman–Crippen LogP) is 2.00. The summed E-state index contributed by atoms with van der Waals surface area (Å²) in [6, 6.07) is 0. The van der Waals surface area contributed by atoms with Gasteiger partial charge in [-0.1, -0.05) is 24.4 Å². The maximum absolute atomic E-state index is 5.87. The second-order valence-corrected chi connectivity index (χ2v) is 3.44. The topological polar surface area (TPSA) is 9.23 Å². The summed E-state index contributed by atoms with van der Waals surface area (Å²) in [7, 11) is 0. The molecule has 0 spiro atoms. The van der Waals surface area contributed by atoms with Gasteiger partial charge in [0.25, 0.3) is 0 Å². The van der Waals surface area contributed by atoms with Crippen molar-refractivity contribution in [3.8, 4) is 12.3 Å². The Morgan fingerprint density at radius 1 is 1.80 bits per heavy atom. The molecular formula is C8H11ClO. The highest BCUT2D eigenvalue weighted by Crippen LogP contribution is 2.30. The molecule has 56 valence electrons. The van der Waals surface area contributed by atoms with Crippen LogP contribution in [-0.2, 0) is 4.74 Å². The largest absolute Gasteiger partial charge is 0.349 e. The molecule has 2 unspecified atom stereocenters. The van der Waals surface area contributed by atoms with Crippen molar-refractivity contribution in [2.45, 2.75) is 24.8 Å². The fourth-order valence-electron chi connectivity index (χ4n) is 0.976. The highest BCUT2D eigenvalue weighted by Gasteiger charge is 2.30. The molecule has 0 bridgehead atoms. The van der Waals surface area contributed by atoms with E-state index >= 15 is 0 Å². The summed E-state index contributed by atoms with van der Waals surface area (Å²) in [5.41, 5.74) is 0. The first-order valence-electron chi connectivity index (χ1n) is 3.47. The Hall–Kier alpha value is -0.190. The van der Waals surface area contributed by atoms with Crippen LogP contribution in [0, 0.1) is 18.3 Å². The molecule has 10 heavy (non-hydrogen) atoms. The molecular weight excluding hydrogens is 148 g/mol. The van der Waals surface area contributed by atoms with Crippen molar-refractivity contribution in [1.82, 2.24) is 0 Å². The summed E-state index contributed by atoms with van der Waals surface area (Å²) in [6.45, 7) is 2.82. The Morgan fingerprint density at radius 2 is 2.50 bits per heavy atom. The number of hydrogen-bond donors (Lipinski definition) is 0. The Kier molecular flexibility index (Phi) is 2.23. The Labute approximate surface area is 66.7 Å². The quantitative estimate of drug-likeness (QED) is 0.387. The van der Waals surface area contributed by atoms with Gasteiger partial charge < -0.3 is 4.74 Å². The number of alkyl halides is 1. The van der Waals surface area contributed by atoms with Crippen LogP contribution in [-0.4, -0.2) is 11.7 Å². The highest BCUT2D eigenvalue weighted by atomic mass is 35.5. The summed E-state index contributed by atoms with van der Waals surface area (Å²) >= 11 is 5.87. The van der Waals surface area contributed by atoms with Crippen LogP contribution in [0.3, 0.4) is 0 Å². The number of hydrogen-bond acceptors (Lipinski definition) is 1. The van der Waals surface area contributed by atoms with Crippen molar-refractivity contribution in [1.29, 1.82) is 0 Å². The van der Waals surface area contributed by atoms with Crippen LogP contribution in [0.5, 0.6) is 0 Å². The van der Waals surface area contributed by atoms with Gasteiger partial charge in [-0.2, -0.15) is 0 Å². The minimum absolute atomic E-state index is 0.597. The van der Waals surface area contributed by atoms with Crippen molar-refractivity contribution in [3.05, 3.63) is 0 Å². The van der Waals surface area contributed by atoms with Crippen LogP contribution < -0.4 is 0 Å². The zero-order valence-corrected chi connectivity index (χ0v) is 6.82. The summed E-state index contributed by atoms with van der Waals surface area (Å²) < 4.78 is 5.26. The van der Waals surface area contributed by atoms with E-state index in [2.05, 4.69) is 12.8 Å². The molecule has 0 saturated carbocycles. The first kappa shape index (κ1) is 7.91. The minimum Gasteiger partial charge on any atom is -0.349 e. The summed E-state index contributed by atoms with van der Waals surface area (Å²) in [5.74, 6) is 3.04. The molecule has 1 heterocycles. The number of terminal acetylenes is 1. The molecule has 2 heteroatoms. The van der Waals surface area contributed by atoms with Gasteiger partial charge in [0.05, 0.1) is 6.61 Å². The first-order valence-corrected chi connectivity index (χ1v) is 3.85. The van der Waals surface area contributed by atoms with Crippen LogP contribution >= 0.6 is 11.6 Å². The lowest BCUT2D eigenvalue weighted by molar-refractivity contribution is -0.00547. The van der Waals surface area contributed by atoms with E-state index in [0.717, 1.165) is 12.8 Å². The van der Waals surface area contributed by atoms with E-state index in [1.165, 1.54) is 0 Å². The standard InChI is InChI=1S/C8H11ClO/c1-3-8(9)5-4-7(2)6-10-8/h1,7H,4-6H2,2H3. The van der Waals surface area contributed by atoms with Gasteiger partial charge in [0, 0.05) is 6.42 Å². The molecule has 1 fully saturated rings. The fourth-order valence-corrected chi connectivity index (χ4v) is 1.15. The van der Waals surface area contributed by atoms with E-state index < -0.39 is 5.06 Å². The molecule has 0 radical (unpaired) electrons. The number of ether oxygens (including phenoxy) is 1. The lowest BCUT2D eigenvalue weighted by atomic mass is 10.0. The molecule has 1 aliphatic rings. The average molecular weight is 159 g/mol. The third-order valence-corrected chi connectivity index (χ3v) is 2.18. The minimum atomic E-state index is -0.799. The predicted molar refractivity (Wildman–Crippen MR) is 41.8 cm³/mol. The van der Waals surface area contributed by atoms with Gasteiger partial charge in [-0.05, 0) is 12.3 Å². The molecule has 1 rings (SSSR count). The van der Waals surface area contributed by atoms with E-state index in [9.17, 15) is 0 Å². The second kappa shape index (κ2) is 2.82. The molecule has 0 N–H and O–H groups in total. The summed E-state index contributed by atoms with van der Waals surface area (Å²) in [4.78, 5) is 0. The van der Waals surface area contributed by atoms with Gasteiger partial charge in [-0.3, -0.25) is 0 Å². The van der Waals surface area contributed by atoms with Crippen molar-refractivity contribution in [2.75, 3.05) is 6.61 Å². The van der Waals surface area contributed by atoms with Gasteiger partial charge in [0.1, 0.15) is 0 Å². The first-order chi connectivity index (χ1) is 4.66. The molecule has 0 aliphatic carbocycles. The normalized spacial score (nSPS) is 40.7. The Balaban J connectivity index is 2.48. The molecule has 1 nitrogen and oxygen atoms in total. The SMILES string of the molecule is C#CC1(Cl)CCC(C)CO1. The zero-order valence-electron chi connectivity index (χ0n) is 6.06. The van der Waals surface area contributed by atoms with Crippen LogP contribution in [0.25, 0.3) is 0 Å². The highest BCUT2D eigenvalue weighted by molar-refractivity contribution is 6.24. The van der Waals surface area contributed by atoms with Gasteiger partial charge >= 0.3 is 0 Å². The van der Waals surface area contributed by atoms with Gasteiger partial charge in [-0.15, -0.1) is 6.42 Å². The smallest absolute Gasteiger partial charge is 0.203 e. The number of halogens is 1. The fraction of sp³-hybridized carbons (Fsp3) is 0.750. The molecule has 1 saturated heterocycles. The van der Waals surface area contributed by atoms with Gasteiger partial charge in [0.15, 0.2) is 0 Å². The van der Waals surface area contributed by atoms with Crippen molar-refractivity contribution in [2.24, 2.45) is 5.92 Å². The molecule has 2 atom stereocenters. The van der Waals surface area contributed by atoms with Crippen LogP contribution in [0.4, 0.5) is 0 Å². The van der Waals surface area contributed by atoms with E-state index in [4.69, 9.17) is 22.8 Å². The third kappa shape index (κ3) is 1.65. The van der Waals surface area contributed by atoms with Crippen molar-refractivity contribution < 1.29 is 4.74 Å². The van der Waals surface area contributed by atoms with Gasteiger partial charge in [-0.25, -0.2) is 0 Å². The van der Waals surface area contributed by atoms with Crippen LogP contribution in [0.2, 0.25) is 0 Å². The lowest BCUT2D eigenvalue weighted by Gasteiger charge is -2.29. The number of rotatable bonds is 0. The maximum Gasteiger partial charge on any atom is 0.203 e. The summed E-state index contributed by atoms with van der Waals surface area (Å²) in [5, 5.41) is -0.799. The van der Waals surface area contributed by atoms with E-state index in [0.29, 0.717) is 12.5 Å². The van der Waals surface area contributed by atoms with E-state index in [1.807, 2.05) is 0 Å². The zero-order chi connectivity index (χ0) is 7.61. The monoisotopic (exact) mass is 158 g/mol. The maximum atomic E-state index is 5.87. The van der Waals surface area contributed by atoms with Crippen LogP contribution in [0.15, 0.2) is 0 Å². The third-order valence-electron chi connectivity index (χ3n) is 1.77. The van der Waals surface area contributed by atoms with Crippen molar-refractivity contribution >= 4 is 11.6 Å². The Bertz CT molecular complexity index is 151. The van der Waals surface area contributed by atoms with Crippen LogP contribution in [0.1, 0.15) is 19.8 Å². The van der Waals surface area contributed by atoms with E-state index in [-0.39, 0.29) is 0 Å². The summed E-state index contributed by atoms with van der Waals surface area (Å²) in [6.07, 6.45) is 7.01. The second-order valence-electron chi connectivity index (χ2n) is 2.83. The van der Waals surface area contributed by atoms with Gasteiger partial charge in [0.2, 0.25) is 5.06 Å². The van der Waals surface area contributed by atoms with E-state index in [1.54, 1.807) is 0 Å². The van der Waals surface area contributed by atoms with Crippen molar-refractivity contribution in [3.63, 3.8) is 0 Å². The molecule has 0 amide bonds. The molecule has 0 aromatic heterocycles. The molecule has 0 aromatic rings. The molecule has 0 aromatic carbocycles.